The number of carbonyl (C=O) groups is 2. The number of carbonyl (C=O) groups excluding carboxylic acids is 2. The summed E-state index contributed by atoms with van der Waals surface area (Å²) in [4.78, 5) is 34.1. The van der Waals surface area contributed by atoms with Gasteiger partial charge in [-0.3, -0.25) is 9.59 Å². The molecule has 2 fully saturated rings. The molecule has 0 aliphatic carbocycles. The van der Waals surface area contributed by atoms with E-state index in [9.17, 15) is 14.0 Å². The largest absolute Gasteiger partial charge is 0.342 e. The van der Waals surface area contributed by atoms with Crippen molar-refractivity contribution in [2.75, 3.05) is 26.2 Å². The van der Waals surface area contributed by atoms with Gasteiger partial charge in [-0.1, -0.05) is 47.6 Å². The first kappa shape index (κ1) is 23.9. The fourth-order valence-electron chi connectivity index (χ4n) is 4.97. The molecule has 2 amide bonds. The highest BCUT2D eigenvalue weighted by atomic mass is 19.1. The predicted molar refractivity (Wildman–Crippen MR) is 133 cm³/mol. The summed E-state index contributed by atoms with van der Waals surface area (Å²) < 4.78 is 19.0. The number of likely N-dealkylation sites (tertiary alicyclic amines) is 2. The molecule has 0 N–H and O–H groups in total. The molecular weight excluding hydrogens is 459 g/mol. The molecule has 3 aromatic rings. The molecule has 0 spiro atoms. The zero-order valence-corrected chi connectivity index (χ0v) is 20.1. The van der Waals surface area contributed by atoms with Crippen molar-refractivity contribution in [3.63, 3.8) is 0 Å². The minimum atomic E-state index is -0.353. The molecule has 0 radical (unpaired) electrons. The second kappa shape index (κ2) is 10.8. The number of amides is 2. The Kier molecular flexibility index (Phi) is 7.21. The average Bonchev–Trinajstić information content (AvgIpc) is 3.43. The van der Waals surface area contributed by atoms with Crippen molar-refractivity contribution in [3.8, 4) is 11.4 Å². The number of hydrogen-bond acceptors (Lipinski definition) is 5. The predicted octanol–water partition coefficient (Wildman–Crippen LogP) is 4.53. The normalized spacial score (nSPS) is 19.1. The minimum absolute atomic E-state index is 0.0201. The van der Waals surface area contributed by atoms with Crippen LogP contribution in [0.3, 0.4) is 0 Å². The van der Waals surface area contributed by atoms with Gasteiger partial charge in [-0.2, -0.15) is 4.98 Å². The fraction of sp³-hybridized carbons (Fsp3) is 0.357. The van der Waals surface area contributed by atoms with Crippen LogP contribution in [0.15, 0.2) is 65.2 Å². The maximum absolute atomic E-state index is 13.6. The Labute approximate surface area is 209 Å². The van der Waals surface area contributed by atoms with E-state index >= 15 is 0 Å². The third kappa shape index (κ3) is 5.53. The molecule has 1 atom stereocenters. The Morgan fingerprint density at radius 1 is 0.972 bits per heavy atom. The van der Waals surface area contributed by atoms with Gasteiger partial charge in [0.05, 0.1) is 5.92 Å². The van der Waals surface area contributed by atoms with E-state index in [1.807, 2.05) is 46.2 Å². The summed E-state index contributed by atoms with van der Waals surface area (Å²) >= 11 is 0. The first-order valence-corrected chi connectivity index (χ1v) is 12.5. The number of nitrogens with zero attached hydrogens (tertiary/aromatic N) is 4. The fourth-order valence-corrected chi connectivity index (χ4v) is 4.97. The van der Waals surface area contributed by atoms with Crippen LogP contribution in [0.25, 0.3) is 17.5 Å². The van der Waals surface area contributed by atoms with E-state index in [-0.39, 0.29) is 29.5 Å². The van der Waals surface area contributed by atoms with Gasteiger partial charge in [-0.15, -0.1) is 0 Å². The summed E-state index contributed by atoms with van der Waals surface area (Å²) in [5, 5.41) is 4.02. The maximum Gasteiger partial charge on any atom is 0.246 e. The summed E-state index contributed by atoms with van der Waals surface area (Å²) in [7, 11) is 0. The lowest BCUT2D eigenvalue weighted by Gasteiger charge is -2.36. The molecule has 2 saturated heterocycles. The SMILES string of the molecule is O=C(/C=C\c1ccccc1)N1CCC(C(=O)N2CCC[C@H](c3nc(-c4cccc(F)c4)no3)C2)CC1. The number of halogens is 1. The van der Waals surface area contributed by atoms with E-state index in [1.165, 1.54) is 12.1 Å². The molecular formula is C28H29FN4O3. The van der Waals surface area contributed by atoms with Crippen molar-refractivity contribution in [2.45, 2.75) is 31.6 Å². The summed E-state index contributed by atoms with van der Waals surface area (Å²) in [6.45, 7) is 2.39. The highest BCUT2D eigenvalue weighted by Gasteiger charge is 2.34. The minimum Gasteiger partial charge on any atom is -0.342 e. The van der Waals surface area contributed by atoms with Crippen molar-refractivity contribution in [1.82, 2.24) is 19.9 Å². The molecule has 2 aliphatic rings. The molecule has 3 heterocycles. The number of aromatic nitrogens is 2. The van der Waals surface area contributed by atoms with Gasteiger partial charge >= 0.3 is 0 Å². The lowest BCUT2D eigenvalue weighted by molar-refractivity contribution is -0.140. The molecule has 2 aliphatic heterocycles. The standard InChI is InChI=1S/C28H29FN4O3/c29-24-10-4-8-22(18-24)26-30-27(36-31-26)23-9-5-15-33(19-23)28(35)21-13-16-32(17-14-21)25(34)12-11-20-6-2-1-3-7-20/h1-4,6-8,10-12,18,21,23H,5,9,13-17,19H2/b12-11-/t23-/m0/s1. The Morgan fingerprint density at radius 3 is 2.56 bits per heavy atom. The molecule has 8 heteroatoms. The second-order valence-electron chi connectivity index (χ2n) is 9.43. The van der Waals surface area contributed by atoms with Gasteiger partial charge in [0.25, 0.3) is 0 Å². The van der Waals surface area contributed by atoms with Crippen molar-refractivity contribution in [2.24, 2.45) is 5.92 Å². The van der Waals surface area contributed by atoms with Crippen LogP contribution in [0.5, 0.6) is 0 Å². The van der Waals surface area contributed by atoms with E-state index in [2.05, 4.69) is 10.1 Å². The van der Waals surface area contributed by atoms with Crippen LogP contribution >= 0.6 is 0 Å². The van der Waals surface area contributed by atoms with Gasteiger partial charge in [0, 0.05) is 43.7 Å². The monoisotopic (exact) mass is 488 g/mol. The number of piperidine rings is 2. The molecule has 5 rings (SSSR count). The zero-order chi connectivity index (χ0) is 24.9. The number of rotatable bonds is 5. The van der Waals surface area contributed by atoms with E-state index in [0.717, 1.165) is 18.4 Å². The van der Waals surface area contributed by atoms with Gasteiger partial charge in [-0.05, 0) is 49.5 Å². The number of hydrogen-bond donors (Lipinski definition) is 0. The van der Waals surface area contributed by atoms with E-state index in [0.29, 0.717) is 56.3 Å². The molecule has 0 bridgehead atoms. The van der Waals surface area contributed by atoms with Gasteiger partial charge in [0.15, 0.2) is 0 Å². The third-order valence-electron chi connectivity index (χ3n) is 6.98. The van der Waals surface area contributed by atoms with Crippen LogP contribution in [0, 0.1) is 11.7 Å². The topological polar surface area (TPSA) is 79.5 Å². The second-order valence-corrected chi connectivity index (χ2v) is 9.43. The number of benzene rings is 2. The van der Waals surface area contributed by atoms with Crippen molar-refractivity contribution in [3.05, 3.63) is 77.9 Å². The maximum atomic E-state index is 13.6. The van der Waals surface area contributed by atoms with Crippen molar-refractivity contribution < 1.29 is 18.5 Å². The lowest BCUT2D eigenvalue weighted by atomic mass is 9.92. The van der Waals surface area contributed by atoms with Crippen LogP contribution < -0.4 is 0 Å². The lowest BCUT2D eigenvalue weighted by Crippen LogP contribution is -2.46. The molecule has 186 valence electrons. The summed E-state index contributed by atoms with van der Waals surface area (Å²) in [6, 6.07) is 15.8. The quantitative estimate of drug-likeness (QED) is 0.493. The summed E-state index contributed by atoms with van der Waals surface area (Å²) in [5.74, 6) is 0.473. The Balaban J connectivity index is 1.15. The van der Waals surface area contributed by atoms with Gasteiger partial charge in [-0.25, -0.2) is 4.39 Å². The molecule has 0 saturated carbocycles. The van der Waals surface area contributed by atoms with Crippen LogP contribution in [-0.4, -0.2) is 57.9 Å². The van der Waals surface area contributed by atoms with Crippen molar-refractivity contribution in [1.29, 1.82) is 0 Å². The van der Waals surface area contributed by atoms with Crippen LogP contribution in [-0.2, 0) is 9.59 Å². The highest BCUT2D eigenvalue weighted by Crippen LogP contribution is 2.30. The highest BCUT2D eigenvalue weighted by molar-refractivity contribution is 5.92. The smallest absolute Gasteiger partial charge is 0.246 e. The van der Waals surface area contributed by atoms with Gasteiger partial charge < -0.3 is 14.3 Å². The first-order chi connectivity index (χ1) is 17.6. The van der Waals surface area contributed by atoms with Gasteiger partial charge in [0.2, 0.25) is 23.5 Å². The molecule has 2 aromatic carbocycles. The average molecular weight is 489 g/mol. The first-order valence-electron chi connectivity index (χ1n) is 12.5. The summed E-state index contributed by atoms with van der Waals surface area (Å²) in [5.41, 5.74) is 1.55. The van der Waals surface area contributed by atoms with E-state index in [1.54, 1.807) is 18.2 Å². The third-order valence-corrected chi connectivity index (χ3v) is 6.98. The molecule has 1 aromatic heterocycles. The Hall–Kier alpha value is -3.81. The Bertz CT molecular complexity index is 1230. The molecule has 36 heavy (non-hydrogen) atoms. The van der Waals surface area contributed by atoms with Crippen LogP contribution in [0.1, 0.15) is 43.1 Å². The molecule has 0 unspecified atom stereocenters. The van der Waals surface area contributed by atoms with Crippen LogP contribution in [0.2, 0.25) is 0 Å². The van der Waals surface area contributed by atoms with Crippen LogP contribution in [0.4, 0.5) is 4.39 Å². The van der Waals surface area contributed by atoms with Crippen molar-refractivity contribution >= 4 is 17.9 Å². The van der Waals surface area contributed by atoms with E-state index in [4.69, 9.17) is 4.52 Å². The zero-order valence-electron chi connectivity index (χ0n) is 20.1. The molecule has 7 nitrogen and oxygen atoms in total. The van der Waals surface area contributed by atoms with E-state index < -0.39 is 0 Å². The summed E-state index contributed by atoms with van der Waals surface area (Å²) in [6.07, 6.45) is 6.47. The van der Waals surface area contributed by atoms with Gasteiger partial charge in [0.1, 0.15) is 5.82 Å². The Morgan fingerprint density at radius 2 is 1.78 bits per heavy atom.